The molecule has 0 amide bonds. The Kier molecular flexibility index (Phi) is 5.15. The van der Waals surface area contributed by atoms with E-state index < -0.39 is 16.1 Å². The summed E-state index contributed by atoms with van der Waals surface area (Å²) in [5.74, 6) is 0.517. The third-order valence-corrected chi connectivity index (χ3v) is 7.18. The molecule has 1 saturated carbocycles. The van der Waals surface area contributed by atoms with Gasteiger partial charge in [0.25, 0.3) is 0 Å². The fourth-order valence-corrected chi connectivity index (χ4v) is 5.99. The molecule has 0 aromatic carbocycles. The highest BCUT2D eigenvalue weighted by atomic mass is 32.2. The number of sulfonamides is 1. The molecular weight excluding hydrogens is 360 g/mol. The predicted molar refractivity (Wildman–Crippen MR) is 96.4 cm³/mol. The normalized spacial score (nSPS) is 21.6. The SMILES string of the molecule is COc1ccc(C(NS(=O)(=O)c2cc(C)sc2C)C2CC(O)C2)cn1. The van der Waals surface area contributed by atoms with Gasteiger partial charge in [0.2, 0.25) is 15.9 Å². The molecule has 25 heavy (non-hydrogen) atoms. The number of nitrogens with zero attached hydrogens (tertiary/aromatic N) is 1. The third kappa shape index (κ3) is 3.87. The zero-order chi connectivity index (χ0) is 18.2. The van der Waals surface area contributed by atoms with Crippen LogP contribution in [0.1, 0.15) is 34.2 Å². The van der Waals surface area contributed by atoms with E-state index in [4.69, 9.17) is 4.74 Å². The lowest BCUT2D eigenvalue weighted by molar-refractivity contribution is 0.0279. The number of aromatic nitrogens is 1. The molecule has 1 aliphatic carbocycles. The van der Waals surface area contributed by atoms with Gasteiger partial charge in [0.1, 0.15) is 0 Å². The van der Waals surface area contributed by atoms with Crippen molar-refractivity contribution in [3.05, 3.63) is 39.7 Å². The maximum absolute atomic E-state index is 12.9. The predicted octanol–water partition coefficient (Wildman–Crippen LogP) is 2.56. The van der Waals surface area contributed by atoms with E-state index in [-0.39, 0.29) is 12.0 Å². The highest BCUT2D eigenvalue weighted by molar-refractivity contribution is 7.89. The van der Waals surface area contributed by atoms with Gasteiger partial charge in [-0.15, -0.1) is 11.3 Å². The van der Waals surface area contributed by atoms with Crippen molar-refractivity contribution in [3.63, 3.8) is 0 Å². The van der Waals surface area contributed by atoms with Crippen molar-refractivity contribution in [2.24, 2.45) is 5.92 Å². The summed E-state index contributed by atoms with van der Waals surface area (Å²) in [6.07, 6.45) is 2.40. The average molecular weight is 383 g/mol. The minimum atomic E-state index is -3.65. The second-order valence-corrected chi connectivity index (χ2v) is 9.54. The molecule has 0 radical (unpaired) electrons. The Bertz CT molecular complexity index is 840. The first-order valence-electron chi connectivity index (χ1n) is 8.07. The van der Waals surface area contributed by atoms with Crippen molar-refractivity contribution in [2.45, 2.75) is 43.7 Å². The van der Waals surface area contributed by atoms with Gasteiger partial charge >= 0.3 is 0 Å². The summed E-state index contributed by atoms with van der Waals surface area (Å²) in [7, 11) is -2.12. The second kappa shape index (κ2) is 7.03. The number of pyridine rings is 1. The van der Waals surface area contributed by atoms with E-state index in [2.05, 4.69) is 9.71 Å². The van der Waals surface area contributed by atoms with Crippen LogP contribution in [0.15, 0.2) is 29.3 Å². The lowest BCUT2D eigenvalue weighted by atomic mass is 9.76. The molecule has 136 valence electrons. The number of aliphatic hydroxyl groups is 1. The maximum atomic E-state index is 12.9. The highest BCUT2D eigenvalue weighted by Gasteiger charge is 2.37. The van der Waals surface area contributed by atoms with Gasteiger partial charge in [-0.25, -0.2) is 18.1 Å². The number of nitrogens with one attached hydrogen (secondary N) is 1. The number of ether oxygens (including phenoxy) is 1. The largest absolute Gasteiger partial charge is 0.481 e. The molecule has 1 aliphatic rings. The summed E-state index contributed by atoms with van der Waals surface area (Å²) < 4.78 is 33.7. The van der Waals surface area contributed by atoms with E-state index in [0.717, 1.165) is 15.3 Å². The zero-order valence-electron chi connectivity index (χ0n) is 14.4. The molecule has 2 aromatic rings. The van der Waals surface area contributed by atoms with Crippen molar-refractivity contribution in [1.82, 2.24) is 9.71 Å². The van der Waals surface area contributed by atoms with Gasteiger partial charge in [-0.3, -0.25) is 0 Å². The van der Waals surface area contributed by atoms with Crippen molar-refractivity contribution in [2.75, 3.05) is 7.11 Å². The van der Waals surface area contributed by atoms with Gasteiger partial charge in [0.15, 0.2) is 0 Å². The number of rotatable bonds is 6. The molecule has 2 N–H and O–H groups in total. The van der Waals surface area contributed by atoms with E-state index in [1.807, 2.05) is 19.9 Å². The Hall–Kier alpha value is -1.48. The first-order valence-corrected chi connectivity index (χ1v) is 10.4. The average Bonchev–Trinajstić information content (AvgIpc) is 2.89. The summed E-state index contributed by atoms with van der Waals surface area (Å²) in [4.78, 5) is 6.23. The van der Waals surface area contributed by atoms with Crippen LogP contribution >= 0.6 is 11.3 Å². The second-order valence-electron chi connectivity index (χ2n) is 6.40. The molecule has 0 spiro atoms. The monoisotopic (exact) mass is 382 g/mol. The summed E-state index contributed by atoms with van der Waals surface area (Å²) in [5.41, 5.74) is 0.769. The minimum absolute atomic E-state index is 0.0417. The first kappa shape index (κ1) is 18.3. The van der Waals surface area contributed by atoms with Crippen LogP contribution in [0.25, 0.3) is 0 Å². The number of hydrogen-bond acceptors (Lipinski definition) is 6. The fraction of sp³-hybridized carbons (Fsp3) is 0.471. The number of hydrogen-bond donors (Lipinski definition) is 2. The van der Waals surface area contributed by atoms with Gasteiger partial charge < -0.3 is 9.84 Å². The number of thiophene rings is 1. The van der Waals surface area contributed by atoms with Crippen LogP contribution in [-0.4, -0.2) is 31.7 Å². The topological polar surface area (TPSA) is 88.5 Å². The molecule has 2 aromatic heterocycles. The molecule has 1 fully saturated rings. The summed E-state index contributed by atoms with van der Waals surface area (Å²) in [6, 6.07) is 4.80. The van der Waals surface area contributed by atoms with Crippen molar-refractivity contribution in [1.29, 1.82) is 0 Å². The minimum Gasteiger partial charge on any atom is -0.481 e. The van der Waals surface area contributed by atoms with Crippen LogP contribution in [0.3, 0.4) is 0 Å². The number of aryl methyl sites for hydroxylation is 2. The Morgan fingerprint density at radius 1 is 1.36 bits per heavy atom. The van der Waals surface area contributed by atoms with Crippen LogP contribution in [0.2, 0.25) is 0 Å². The van der Waals surface area contributed by atoms with E-state index in [0.29, 0.717) is 23.6 Å². The highest BCUT2D eigenvalue weighted by Crippen LogP contribution is 2.39. The Morgan fingerprint density at radius 3 is 2.56 bits per heavy atom. The summed E-state index contributed by atoms with van der Waals surface area (Å²) in [6.45, 7) is 3.70. The Morgan fingerprint density at radius 2 is 2.08 bits per heavy atom. The van der Waals surface area contributed by atoms with Gasteiger partial charge in [-0.05, 0) is 44.2 Å². The molecule has 1 atom stereocenters. The van der Waals surface area contributed by atoms with Gasteiger partial charge in [-0.2, -0.15) is 0 Å². The molecule has 1 unspecified atom stereocenters. The molecule has 6 nitrogen and oxygen atoms in total. The van der Waals surface area contributed by atoms with Crippen LogP contribution in [0, 0.1) is 19.8 Å². The zero-order valence-corrected chi connectivity index (χ0v) is 16.0. The van der Waals surface area contributed by atoms with Gasteiger partial charge in [0.05, 0.1) is 24.2 Å². The molecule has 0 bridgehead atoms. The maximum Gasteiger partial charge on any atom is 0.242 e. The Labute approximate surface area is 151 Å². The quantitative estimate of drug-likeness (QED) is 0.802. The summed E-state index contributed by atoms with van der Waals surface area (Å²) in [5, 5.41) is 9.65. The van der Waals surface area contributed by atoms with Crippen molar-refractivity contribution < 1.29 is 18.3 Å². The fourth-order valence-electron chi connectivity index (χ4n) is 3.14. The van der Waals surface area contributed by atoms with Crippen LogP contribution in [-0.2, 0) is 10.0 Å². The van der Waals surface area contributed by atoms with Gasteiger partial charge in [0, 0.05) is 22.0 Å². The number of methoxy groups -OCH3 is 1. The smallest absolute Gasteiger partial charge is 0.242 e. The van der Waals surface area contributed by atoms with Crippen LogP contribution in [0.4, 0.5) is 0 Å². The van der Waals surface area contributed by atoms with Crippen molar-refractivity contribution in [3.8, 4) is 5.88 Å². The lowest BCUT2D eigenvalue weighted by Gasteiger charge is -2.38. The first-order chi connectivity index (χ1) is 11.8. The Balaban J connectivity index is 1.90. The lowest BCUT2D eigenvalue weighted by Crippen LogP contribution is -2.41. The summed E-state index contributed by atoms with van der Waals surface area (Å²) >= 11 is 1.46. The number of aliphatic hydroxyl groups excluding tert-OH is 1. The molecule has 2 heterocycles. The van der Waals surface area contributed by atoms with E-state index in [1.54, 1.807) is 18.3 Å². The van der Waals surface area contributed by atoms with E-state index in [9.17, 15) is 13.5 Å². The van der Waals surface area contributed by atoms with Crippen LogP contribution in [0.5, 0.6) is 5.88 Å². The molecule has 0 aliphatic heterocycles. The third-order valence-electron chi connectivity index (χ3n) is 4.52. The molecule has 3 rings (SSSR count). The van der Waals surface area contributed by atoms with Crippen molar-refractivity contribution >= 4 is 21.4 Å². The van der Waals surface area contributed by atoms with E-state index >= 15 is 0 Å². The molecular formula is C17H22N2O4S2. The van der Waals surface area contributed by atoms with Gasteiger partial charge in [-0.1, -0.05) is 6.07 Å². The molecule has 8 heteroatoms. The standard InChI is InChI=1S/C17H22N2O4S2/c1-10-6-15(11(2)24-10)25(21,22)19-17(13-7-14(20)8-13)12-4-5-16(23-3)18-9-12/h4-6,9,13-14,17,19-20H,7-8H2,1-3H3. The van der Waals surface area contributed by atoms with E-state index in [1.165, 1.54) is 18.4 Å². The molecule has 0 saturated heterocycles. The van der Waals surface area contributed by atoms with Crippen LogP contribution < -0.4 is 9.46 Å².